The SMILES string of the molecule is COC(=O)c1cc(C(=O)OC)cc(-c2ccc(CNC(C)c3ccccc3)o2)c1.Cl. The van der Waals surface area contributed by atoms with Gasteiger partial charge in [-0.1, -0.05) is 30.3 Å². The molecule has 0 bridgehead atoms. The topological polar surface area (TPSA) is 77.8 Å². The van der Waals surface area contributed by atoms with Crippen LogP contribution in [0.25, 0.3) is 11.3 Å². The van der Waals surface area contributed by atoms with Gasteiger partial charge in [-0.2, -0.15) is 0 Å². The molecule has 0 fully saturated rings. The van der Waals surface area contributed by atoms with Crippen molar-refractivity contribution in [2.24, 2.45) is 0 Å². The number of carbonyl (C=O) groups is 2. The molecule has 158 valence electrons. The van der Waals surface area contributed by atoms with Gasteiger partial charge in [-0.15, -0.1) is 12.4 Å². The maximum Gasteiger partial charge on any atom is 0.337 e. The third-order valence-electron chi connectivity index (χ3n) is 4.60. The number of furan rings is 1. The Morgan fingerprint density at radius 3 is 2.10 bits per heavy atom. The fourth-order valence-corrected chi connectivity index (χ4v) is 2.98. The van der Waals surface area contributed by atoms with E-state index in [0.717, 1.165) is 5.76 Å². The van der Waals surface area contributed by atoms with E-state index in [9.17, 15) is 9.59 Å². The molecule has 30 heavy (non-hydrogen) atoms. The standard InChI is InChI=1S/C23H23NO5.ClH/c1-15(16-7-5-4-6-8-16)24-14-20-9-10-21(29-20)17-11-18(22(25)27-2)13-19(12-17)23(26)28-3;/h4-13,15,24H,14H2,1-3H3;1H. The highest BCUT2D eigenvalue weighted by Crippen LogP contribution is 2.26. The Bertz CT molecular complexity index is 966. The molecule has 0 aliphatic heterocycles. The Labute approximate surface area is 181 Å². The van der Waals surface area contributed by atoms with Crippen molar-refractivity contribution in [2.75, 3.05) is 14.2 Å². The number of esters is 2. The molecule has 1 N–H and O–H groups in total. The van der Waals surface area contributed by atoms with E-state index < -0.39 is 11.9 Å². The zero-order valence-corrected chi connectivity index (χ0v) is 17.8. The van der Waals surface area contributed by atoms with E-state index in [1.54, 1.807) is 12.1 Å². The largest absolute Gasteiger partial charge is 0.465 e. The molecule has 1 unspecified atom stereocenters. The predicted octanol–water partition coefficient (Wildman–Crippen LogP) is 4.79. The summed E-state index contributed by atoms with van der Waals surface area (Å²) in [7, 11) is 2.58. The average molecular weight is 430 g/mol. The monoisotopic (exact) mass is 429 g/mol. The van der Waals surface area contributed by atoms with Gasteiger partial charge in [0.25, 0.3) is 0 Å². The number of hydrogen-bond donors (Lipinski definition) is 1. The number of nitrogens with one attached hydrogen (secondary N) is 1. The van der Waals surface area contributed by atoms with Gasteiger partial charge in [0.15, 0.2) is 0 Å². The summed E-state index contributed by atoms with van der Waals surface area (Å²) in [5, 5.41) is 3.42. The minimum absolute atomic E-state index is 0. The van der Waals surface area contributed by atoms with Gasteiger partial charge in [0.2, 0.25) is 0 Å². The molecule has 0 aliphatic rings. The van der Waals surface area contributed by atoms with Gasteiger partial charge in [0, 0.05) is 11.6 Å². The third kappa shape index (κ3) is 5.49. The summed E-state index contributed by atoms with van der Waals surface area (Å²) < 4.78 is 15.5. The molecule has 0 saturated heterocycles. The van der Waals surface area contributed by atoms with E-state index in [-0.39, 0.29) is 29.6 Å². The Morgan fingerprint density at radius 1 is 0.933 bits per heavy atom. The van der Waals surface area contributed by atoms with Gasteiger partial charge in [-0.25, -0.2) is 9.59 Å². The number of methoxy groups -OCH3 is 2. The van der Waals surface area contributed by atoms with Crippen molar-refractivity contribution in [1.29, 1.82) is 0 Å². The molecular formula is C23H24ClNO5. The first-order valence-corrected chi connectivity index (χ1v) is 9.21. The smallest absolute Gasteiger partial charge is 0.337 e. The quantitative estimate of drug-likeness (QED) is 0.544. The van der Waals surface area contributed by atoms with E-state index in [0.29, 0.717) is 17.9 Å². The van der Waals surface area contributed by atoms with E-state index in [1.807, 2.05) is 30.3 Å². The van der Waals surface area contributed by atoms with Gasteiger partial charge in [0.1, 0.15) is 11.5 Å². The number of halogens is 1. The summed E-state index contributed by atoms with van der Waals surface area (Å²) in [6, 6.07) is 18.7. The summed E-state index contributed by atoms with van der Waals surface area (Å²) in [5.74, 6) is 0.209. The van der Waals surface area contributed by atoms with Crippen molar-refractivity contribution in [3.63, 3.8) is 0 Å². The lowest BCUT2D eigenvalue weighted by molar-refractivity contribution is 0.0599. The van der Waals surface area contributed by atoms with Gasteiger partial charge < -0.3 is 19.2 Å². The molecule has 7 heteroatoms. The highest BCUT2D eigenvalue weighted by molar-refractivity contribution is 5.97. The van der Waals surface area contributed by atoms with Gasteiger partial charge in [0.05, 0.1) is 31.9 Å². The maximum absolute atomic E-state index is 12.0. The Morgan fingerprint density at radius 2 is 1.53 bits per heavy atom. The van der Waals surface area contributed by atoms with Crippen LogP contribution in [-0.2, 0) is 16.0 Å². The fraction of sp³-hybridized carbons (Fsp3) is 0.217. The van der Waals surface area contributed by atoms with Crippen LogP contribution in [0.4, 0.5) is 0 Å². The van der Waals surface area contributed by atoms with Crippen LogP contribution >= 0.6 is 12.4 Å². The molecule has 3 aromatic rings. The molecule has 2 aromatic carbocycles. The minimum atomic E-state index is -0.540. The van der Waals surface area contributed by atoms with Crippen molar-refractivity contribution in [2.45, 2.75) is 19.5 Å². The van der Waals surface area contributed by atoms with Gasteiger partial charge in [-0.3, -0.25) is 0 Å². The fourth-order valence-electron chi connectivity index (χ4n) is 2.98. The Balaban J connectivity index is 0.00000320. The summed E-state index contributed by atoms with van der Waals surface area (Å²) in [6.07, 6.45) is 0. The lowest BCUT2D eigenvalue weighted by atomic mass is 10.0. The van der Waals surface area contributed by atoms with Crippen molar-refractivity contribution in [3.8, 4) is 11.3 Å². The number of benzene rings is 2. The maximum atomic E-state index is 12.0. The number of carbonyl (C=O) groups excluding carboxylic acids is 2. The van der Waals surface area contributed by atoms with Crippen molar-refractivity contribution < 1.29 is 23.5 Å². The molecule has 0 aliphatic carbocycles. The molecule has 0 spiro atoms. The van der Waals surface area contributed by atoms with Crippen LogP contribution in [0.5, 0.6) is 0 Å². The van der Waals surface area contributed by atoms with E-state index >= 15 is 0 Å². The van der Waals surface area contributed by atoms with Crippen LogP contribution in [0.2, 0.25) is 0 Å². The number of ether oxygens (including phenoxy) is 2. The second kappa shape index (κ2) is 10.6. The van der Waals surface area contributed by atoms with E-state index in [4.69, 9.17) is 13.9 Å². The van der Waals surface area contributed by atoms with Crippen LogP contribution in [0.15, 0.2) is 65.1 Å². The van der Waals surface area contributed by atoms with E-state index in [2.05, 4.69) is 24.4 Å². The molecule has 1 aromatic heterocycles. The zero-order chi connectivity index (χ0) is 20.8. The molecular weight excluding hydrogens is 406 g/mol. The first-order chi connectivity index (χ1) is 14.0. The first-order valence-electron chi connectivity index (χ1n) is 9.21. The van der Waals surface area contributed by atoms with Crippen molar-refractivity contribution >= 4 is 24.3 Å². The van der Waals surface area contributed by atoms with Crippen LogP contribution in [-0.4, -0.2) is 26.2 Å². The lowest BCUT2D eigenvalue weighted by Crippen LogP contribution is -2.17. The summed E-state index contributed by atoms with van der Waals surface area (Å²) in [6.45, 7) is 2.62. The molecule has 6 nitrogen and oxygen atoms in total. The summed E-state index contributed by atoms with van der Waals surface area (Å²) in [4.78, 5) is 23.9. The third-order valence-corrected chi connectivity index (χ3v) is 4.60. The minimum Gasteiger partial charge on any atom is -0.465 e. The van der Waals surface area contributed by atoms with E-state index in [1.165, 1.54) is 25.8 Å². The van der Waals surface area contributed by atoms with Crippen LogP contribution < -0.4 is 5.32 Å². The second-order valence-electron chi connectivity index (χ2n) is 6.56. The molecule has 0 amide bonds. The predicted molar refractivity (Wildman–Crippen MR) is 116 cm³/mol. The van der Waals surface area contributed by atoms with Crippen LogP contribution in [0.3, 0.4) is 0 Å². The molecule has 1 atom stereocenters. The van der Waals surface area contributed by atoms with Crippen LogP contribution in [0.1, 0.15) is 45.0 Å². The molecule has 0 radical (unpaired) electrons. The Kier molecular flexibility index (Phi) is 8.21. The van der Waals surface area contributed by atoms with Gasteiger partial charge in [-0.05, 0) is 42.8 Å². The highest BCUT2D eigenvalue weighted by atomic mass is 35.5. The van der Waals surface area contributed by atoms with Gasteiger partial charge >= 0.3 is 11.9 Å². The molecule has 0 saturated carbocycles. The molecule has 3 rings (SSSR count). The van der Waals surface area contributed by atoms with Crippen LogP contribution in [0, 0.1) is 0 Å². The first kappa shape index (κ1) is 23.2. The molecule has 1 heterocycles. The van der Waals surface area contributed by atoms with Crippen molar-refractivity contribution in [3.05, 3.63) is 83.1 Å². The number of hydrogen-bond acceptors (Lipinski definition) is 6. The summed E-state index contributed by atoms with van der Waals surface area (Å²) in [5.41, 5.74) is 2.28. The number of rotatable bonds is 7. The normalized spacial score (nSPS) is 11.3. The Hall–Kier alpha value is -3.09. The summed E-state index contributed by atoms with van der Waals surface area (Å²) >= 11 is 0. The average Bonchev–Trinajstić information content (AvgIpc) is 3.25. The zero-order valence-electron chi connectivity index (χ0n) is 17.0. The van der Waals surface area contributed by atoms with Crippen molar-refractivity contribution in [1.82, 2.24) is 5.32 Å². The lowest BCUT2D eigenvalue weighted by Gasteiger charge is -2.13. The second-order valence-corrected chi connectivity index (χ2v) is 6.56. The highest BCUT2D eigenvalue weighted by Gasteiger charge is 2.16.